The van der Waals surface area contributed by atoms with E-state index in [9.17, 15) is 4.79 Å². The summed E-state index contributed by atoms with van der Waals surface area (Å²) in [4.78, 5) is 29.7. The van der Waals surface area contributed by atoms with Crippen LogP contribution in [0.3, 0.4) is 0 Å². The first kappa shape index (κ1) is 16.6. The number of benzene rings is 2. The topological polar surface area (TPSA) is 62.9 Å². The van der Waals surface area contributed by atoms with Gasteiger partial charge in [-0.1, -0.05) is 30.3 Å². The number of fused-ring (bicyclic) bond motifs is 4. The summed E-state index contributed by atoms with van der Waals surface area (Å²) in [6.45, 7) is 6.19. The number of anilines is 2. The Kier molecular flexibility index (Phi) is 3.72. The van der Waals surface area contributed by atoms with Crippen molar-refractivity contribution in [1.29, 1.82) is 0 Å². The summed E-state index contributed by atoms with van der Waals surface area (Å²) < 4.78 is 1.57. The lowest BCUT2D eigenvalue weighted by Crippen LogP contribution is -2.39. The van der Waals surface area contributed by atoms with Gasteiger partial charge >= 0.3 is 0 Å². The van der Waals surface area contributed by atoms with E-state index in [0.29, 0.717) is 17.9 Å². The Morgan fingerprint density at radius 1 is 1.11 bits per heavy atom. The molecule has 2 aliphatic rings. The van der Waals surface area contributed by atoms with Gasteiger partial charge in [-0.3, -0.25) is 19.3 Å². The molecule has 0 saturated heterocycles. The number of hydrogen-bond acceptors (Lipinski definition) is 5. The van der Waals surface area contributed by atoms with Crippen molar-refractivity contribution in [1.82, 2.24) is 9.55 Å². The third-order valence-corrected chi connectivity index (χ3v) is 5.16. The van der Waals surface area contributed by atoms with Crippen molar-refractivity contribution in [3.05, 3.63) is 99.7 Å². The number of allylic oxidation sites excluding steroid dienone is 1. The molecule has 0 amide bonds. The molecular formula is C22H19N5O. The van der Waals surface area contributed by atoms with Crippen LogP contribution in [-0.2, 0) is 6.54 Å². The van der Waals surface area contributed by atoms with E-state index in [2.05, 4.69) is 17.6 Å². The highest BCUT2D eigenvalue weighted by Gasteiger charge is 2.44. The minimum atomic E-state index is -0.386. The molecule has 3 heterocycles. The van der Waals surface area contributed by atoms with Gasteiger partial charge in [0.1, 0.15) is 18.2 Å². The number of nitrogens with zero attached hydrogens (tertiary/aromatic N) is 5. The van der Waals surface area contributed by atoms with E-state index in [1.165, 1.54) is 0 Å². The van der Waals surface area contributed by atoms with Gasteiger partial charge in [-0.2, -0.15) is 0 Å². The molecule has 138 valence electrons. The first-order chi connectivity index (χ1) is 13.7. The molecule has 0 aliphatic carbocycles. The molecule has 0 spiro atoms. The maximum atomic E-state index is 13.2. The van der Waals surface area contributed by atoms with Crippen LogP contribution in [-0.4, -0.2) is 15.7 Å². The third-order valence-electron chi connectivity index (χ3n) is 5.16. The maximum Gasteiger partial charge on any atom is 0.261 e. The van der Waals surface area contributed by atoms with E-state index < -0.39 is 0 Å². The first-order valence-corrected chi connectivity index (χ1v) is 9.24. The predicted octanol–water partition coefficient (Wildman–Crippen LogP) is 2.21. The molecule has 28 heavy (non-hydrogen) atoms. The van der Waals surface area contributed by atoms with Gasteiger partial charge in [0.15, 0.2) is 6.17 Å². The van der Waals surface area contributed by atoms with Gasteiger partial charge in [-0.15, -0.1) is 6.58 Å². The van der Waals surface area contributed by atoms with Crippen LogP contribution < -0.4 is 21.2 Å². The zero-order valence-corrected chi connectivity index (χ0v) is 15.5. The van der Waals surface area contributed by atoms with Crippen molar-refractivity contribution in [3.8, 4) is 0 Å². The molecule has 0 radical (unpaired) electrons. The van der Waals surface area contributed by atoms with Crippen LogP contribution in [0.4, 0.5) is 11.5 Å². The van der Waals surface area contributed by atoms with Gasteiger partial charge in [0, 0.05) is 12.2 Å². The second-order valence-electron chi connectivity index (χ2n) is 7.04. The van der Waals surface area contributed by atoms with E-state index in [1.807, 2.05) is 54.3 Å². The van der Waals surface area contributed by atoms with Crippen LogP contribution in [0, 0.1) is 6.92 Å². The van der Waals surface area contributed by atoms with Crippen molar-refractivity contribution in [3.63, 3.8) is 0 Å². The van der Waals surface area contributed by atoms with Crippen molar-refractivity contribution in [2.45, 2.75) is 25.7 Å². The van der Waals surface area contributed by atoms with Crippen molar-refractivity contribution < 1.29 is 0 Å². The van der Waals surface area contributed by atoms with Gasteiger partial charge in [-0.25, -0.2) is 4.98 Å². The molecule has 5 rings (SSSR count). The summed E-state index contributed by atoms with van der Waals surface area (Å²) >= 11 is 0. The van der Waals surface area contributed by atoms with Crippen LogP contribution in [0.5, 0.6) is 0 Å². The van der Waals surface area contributed by atoms with Gasteiger partial charge in [-0.05, 0) is 36.8 Å². The molecule has 0 bridgehead atoms. The average Bonchev–Trinajstić information content (AvgIpc) is 3.02. The van der Waals surface area contributed by atoms with E-state index in [0.717, 1.165) is 22.0 Å². The molecule has 2 aliphatic heterocycles. The van der Waals surface area contributed by atoms with E-state index >= 15 is 0 Å². The summed E-state index contributed by atoms with van der Waals surface area (Å²) in [5, 5.41) is 1.64. The van der Waals surface area contributed by atoms with Crippen LogP contribution in [0.25, 0.3) is 0 Å². The predicted molar refractivity (Wildman–Crippen MR) is 107 cm³/mol. The van der Waals surface area contributed by atoms with Crippen LogP contribution in [0.15, 0.2) is 82.3 Å². The van der Waals surface area contributed by atoms with Gasteiger partial charge < -0.3 is 4.90 Å². The van der Waals surface area contributed by atoms with Crippen LogP contribution in [0.1, 0.15) is 17.2 Å². The van der Waals surface area contributed by atoms with Gasteiger partial charge in [0.25, 0.3) is 5.56 Å². The fraction of sp³-hybridized carbons (Fsp3) is 0.182. The molecule has 0 fully saturated rings. The van der Waals surface area contributed by atoms with Crippen LogP contribution in [0.2, 0.25) is 0 Å². The monoisotopic (exact) mass is 369 g/mol. The Balaban J connectivity index is 1.80. The molecule has 1 aromatic heterocycles. The molecular weight excluding hydrogens is 350 g/mol. The van der Waals surface area contributed by atoms with Gasteiger partial charge in [0.05, 0.1) is 16.3 Å². The normalized spacial score (nSPS) is 19.1. The summed E-state index contributed by atoms with van der Waals surface area (Å²) in [6, 6.07) is 15.5. The second kappa shape index (κ2) is 6.27. The third kappa shape index (κ3) is 2.41. The number of aromatic nitrogens is 2. The lowest BCUT2D eigenvalue weighted by atomic mass is 10.1. The average molecular weight is 369 g/mol. The lowest BCUT2D eigenvalue weighted by molar-refractivity contribution is 0.549. The van der Waals surface area contributed by atoms with E-state index in [1.54, 1.807) is 17.0 Å². The number of hydrogen-bond donors (Lipinski definition) is 0. The largest absolute Gasteiger partial charge is 0.301 e. The Morgan fingerprint density at radius 2 is 1.89 bits per heavy atom. The molecule has 0 N–H and O–H groups in total. The number of para-hydroxylation sites is 2. The molecule has 2 unspecified atom stereocenters. The first-order valence-electron chi connectivity index (χ1n) is 9.24. The summed E-state index contributed by atoms with van der Waals surface area (Å²) in [5.41, 5.74) is 2.60. The minimum absolute atomic E-state index is 0.0895. The quantitative estimate of drug-likeness (QED) is 0.665. The van der Waals surface area contributed by atoms with Crippen molar-refractivity contribution in [2.75, 3.05) is 4.90 Å². The fourth-order valence-corrected chi connectivity index (χ4v) is 3.92. The maximum absolute atomic E-state index is 13.2. The molecule has 6 nitrogen and oxygen atoms in total. The van der Waals surface area contributed by atoms with Crippen molar-refractivity contribution in [2.24, 2.45) is 9.98 Å². The standard InChI is InChI=1S/C22H19N5O/c1-3-11-26-13-23-20-18(22(26)28)19-21(25-17-10-5-4-9-16(17)24-19)27(20)15-8-6-7-14(2)12-15/h3-10,12-13,19,21H,1,11H2,2H3. The van der Waals surface area contributed by atoms with E-state index in [4.69, 9.17) is 9.98 Å². The molecule has 3 aromatic rings. The SMILES string of the molecule is C=CCn1cnc2c(c1=O)C1N=c3ccccc3=NC1N2c1cccc(C)c1. The minimum Gasteiger partial charge on any atom is -0.301 e. The van der Waals surface area contributed by atoms with E-state index in [-0.39, 0.29) is 17.8 Å². The summed E-state index contributed by atoms with van der Waals surface area (Å²) in [6.07, 6.45) is 2.94. The van der Waals surface area contributed by atoms with Crippen molar-refractivity contribution >= 4 is 11.5 Å². The van der Waals surface area contributed by atoms with Crippen LogP contribution >= 0.6 is 0 Å². The highest BCUT2D eigenvalue weighted by Crippen LogP contribution is 2.43. The molecule has 2 aromatic carbocycles. The molecule has 6 heteroatoms. The smallest absolute Gasteiger partial charge is 0.261 e. The summed E-state index contributed by atoms with van der Waals surface area (Å²) in [7, 11) is 0. The lowest BCUT2D eigenvalue weighted by Gasteiger charge is -2.26. The zero-order chi connectivity index (χ0) is 19.3. The number of rotatable bonds is 3. The zero-order valence-electron chi connectivity index (χ0n) is 15.5. The summed E-state index contributed by atoms with van der Waals surface area (Å²) in [5.74, 6) is 0.631. The fourth-order valence-electron chi connectivity index (χ4n) is 3.92. The highest BCUT2D eigenvalue weighted by atomic mass is 16.1. The molecule has 0 saturated carbocycles. The molecule has 2 atom stereocenters. The Bertz CT molecular complexity index is 1280. The Morgan fingerprint density at radius 3 is 2.64 bits per heavy atom. The Hall–Kier alpha value is -3.54. The Labute approximate surface area is 161 Å². The second-order valence-corrected chi connectivity index (χ2v) is 7.04. The van der Waals surface area contributed by atoms with Gasteiger partial charge in [0.2, 0.25) is 0 Å². The number of aryl methyl sites for hydroxylation is 1. The highest BCUT2D eigenvalue weighted by molar-refractivity contribution is 5.69.